The molecule has 4 rings (SSSR count). The Morgan fingerprint density at radius 2 is 1.90 bits per heavy atom. The lowest BCUT2D eigenvalue weighted by Crippen LogP contribution is -2.38. The van der Waals surface area contributed by atoms with Gasteiger partial charge in [-0.25, -0.2) is 36.3 Å². The molecule has 0 bridgehead atoms. The molecule has 31 heavy (non-hydrogen) atoms. The third-order valence-electron chi connectivity index (χ3n) is 5.36. The molecule has 1 aliphatic carbocycles. The van der Waals surface area contributed by atoms with Crippen LogP contribution in [0.15, 0.2) is 35.5 Å². The zero-order chi connectivity index (χ0) is 22.2. The minimum Gasteiger partial charge on any atom is -0.334 e. The number of nitrogens with one attached hydrogen (secondary N) is 1. The third kappa shape index (κ3) is 3.77. The zero-order valence-electron chi connectivity index (χ0n) is 16.2. The van der Waals surface area contributed by atoms with Crippen LogP contribution in [0, 0.1) is 17.1 Å². The molecule has 0 saturated heterocycles. The second-order valence-electron chi connectivity index (χ2n) is 7.32. The minimum atomic E-state index is -4.22. The van der Waals surface area contributed by atoms with E-state index in [-0.39, 0.29) is 22.3 Å². The van der Waals surface area contributed by atoms with Crippen LogP contribution in [0.5, 0.6) is 0 Å². The summed E-state index contributed by atoms with van der Waals surface area (Å²) >= 11 is 0. The second-order valence-corrected chi connectivity index (χ2v) is 9.03. The highest BCUT2D eigenvalue weighted by atomic mass is 32.2. The average molecular weight is 449 g/mol. The maximum Gasteiger partial charge on any atom is 0.244 e. The smallest absolute Gasteiger partial charge is 0.244 e. The Labute approximate surface area is 176 Å². The molecular formula is C20H18F3N5O2S. The van der Waals surface area contributed by atoms with Gasteiger partial charge in [0.25, 0.3) is 0 Å². The fraction of sp³-hybridized carbons (Fsp3) is 0.350. The zero-order valence-corrected chi connectivity index (χ0v) is 17.0. The standard InChI is InChI=1S/C20H18F3N5O2S/c21-7-13(8-22)27-31(29,30)15-10-25-20(26-11-15)19-17(9-24)16-6-12(23)4-5-18(16)28(19)14-2-1-3-14/h4-6,10-11,13-14,27H,1-3,7-8H2. The van der Waals surface area contributed by atoms with Crippen molar-refractivity contribution in [1.29, 1.82) is 5.26 Å². The molecule has 1 saturated carbocycles. The highest BCUT2D eigenvalue weighted by Gasteiger charge is 2.29. The number of sulfonamides is 1. The molecule has 0 amide bonds. The molecular weight excluding hydrogens is 431 g/mol. The van der Waals surface area contributed by atoms with Gasteiger partial charge in [-0.3, -0.25) is 0 Å². The molecule has 1 fully saturated rings. The fourth-order valence-electron chi connectivity index (χ4n) is 3.61. The van der Waals surface area contributed by atoms with Crippen LogP contribution in [0.3, 0.4) is 0 Å². The molecule has 11 heteroatoms. The molecule has 0 radical (unpaired) electrons. The van der Waals surface area contributed by atoms with Gasteiger partial charge < -0.3 is 4.57 Å². The number of hydrogen-bond donors (Lipinski definition) is 1. The first-order valence-electron chi connectivity index (χ1n) is 9.59. The molecule has 0 atom stereocenters. The van der Waals surface area contributed by atoms with E-state index in [0.717, 1.165) is 31.7 Å². The van der Waals surface area contributed by atoms with Crippen LogP contribution in [0.4, 0.5) is 13.2 Å². The largest absolute Gasteiger partial charge is 0.334 e. The molecule has 0 spiro atoms. The van der Waals surface area contributed by atoms with E-state index in [0.29, 0.717) is 16.6 Å². The van der Waals surface area contributed by atoms with Gasteiger partial charge in [0, 0.05) is 11.4 Å². The summed E-state index contributed by atoms with van der Waals surface area (Å²) in [4.78, 5) is 7.87. The van der Waals surface area contributed by atoms with Crippen molar-refractivity contribution in [1.82, 2.24) is 19.3 Å². The highest BCUT2D eigenvalue weighted by Crippen LogP contribution is 2.41. The average Bonchev–Trinajstić information content (AvgIpc) is 3.04. The van der Waals surface area contributed by atoms with Crippen LogP contribution >= 0.6 is 0 Å². The van der Waals surface area contributed by atoms with Gasteiger partial charge in [-0.1, -0.05) is 0 Å². The number of fused-ring (bicyclic) bond motifs is 1. The first-order valence-corrected chi connectivity index (χ1v) is 11.1. The van der Waals surface area contributed by atoms with E-state index in [1.54, 1.807) is 6.07 Å². The van der Waals surface area contributed by atoms with Crippen LogP contribution in [-0.4, -0.2) is 42.3 Å². The number of hydrogen-bond acceptors (Lipinski definition) is 5. The first-order chi connectivity index (χ1) is 14.9. The van der Waals surface area contributed by atoms with Crippen LogP contribution in [0.1, 0.15) is 30.9 Å². The molecule has 3 aromatic rings. The van der Waals surface area contributed by atoms with E-state index < -0.39 is 35.2 Å². The topological polar surface area (TPSA) is 101 Å². The Bertz CT molecular complexity index is 1260. The summed E-state index contributed by atoms with van der Waals surface area (Å²) < 4.78 is 67.7. The Morgan fingerprint density at radius 3 is 2.45 bits per heavy atom. The second kappa shape index (κ2) is 8.28. The maximum absolute atomic E-state index is 13.9. The van der Waals surface area contributed by atoms with Crippen molar-refractivity contribution in [3.63, 3.8) is 0 Å². The van der Waals surface area contributed by atoms with Crippen LogP contribution < -0.4 is 4.72 Å². The van der Waals surface area contributed by atoms with E-state index in [1.807, 2.05) is 9.29 Å². The molecule has 1 N–H and O–H groups in total. The monoisotopic (exact) mass is 449 g/mol. The third-order valence-corrected chi connectivity index (χ3v) is 6.84. The number of benzene rings is 1. The van der Waals surface area contributed by atoms with E-state index in [1.165, 1.54) is 12.1 Å². The normalized spacial score (nSPS) is 14.7. The quantitative estimate of drug-likeness (QED) is 0.596. The van der Waals surface area contributed by atoms with Crippen molar-refractivity contribution in [2.24, 2.45) is 0 Å². The van der Waals surface area contributed by atoms with Crippen molar-refractivity contribution in [2.75, 3.05) is 13.3 Å². The van der Waals surface area contributed by atoms with Gasteiger partial charge in [0.2, 0.25) is 10.0 Å². The van der Waals surface area contributed by atoms with E-state index in [4.69, 9.17) is 0 Å². The SMILES string of the molecule is N#Cc1c(-c2ncc(S(=O)(=O)NC(CF)CF)cn2)n(C2CCC2)c2ccc(F)cc12. The molecule has 1 aliphatic rings. The lowest BCUT2D eigenvalue weighted by atomic mass is 9.92. The van der Waals surface area contributed by atoms with Gasteiger partial charge >= 0.3 is 0 Å². The Hall–Kier alpha value is -2.97. The van der Waals surface area contributed by atoms with Crippen molar-refractivity contribution in [2.45, 2.75) is 36.2 Å². The molecule has 2 heterocycles. The first kappa shape index (κ1) is 21.3. The van der Waals surface area contributed by atoms with Crippen LogP contribution in [0.2, 0.25) is 0 Å². The number of nitrogens with zero attached hydrogens (tertiary/aromatic N) is 4. The van der Waals surface area contributed by atoms with E-state index in [9.17, 15) is 26.9 Å². The summed E-state index contributed by atoms with van der Waals surface area (Å²) in [6, 6.07) is 4.89. The molecule has 7 nitrogen and oxygen atoms in total. The van der Waals surface area contributed by atoms with Crippen LogP contribution in [-0.2, 0) is 10.0 Å². The molecule has 0 aliphatic heterocycles. The summed E-state index contributed by atoms with van der Waals surface area (Å²) in [5.74, 6) is -0.378. The van der Waals surface area contributed by atoms with Crippen molar-refractivity contribution in [3.05, 3.63) is 42.0 Å². The van der Waals surface area contributed by atoms with E-state index >= 15 is 0 Å². The van der Waals surface area contributed by atoms with Gasteiger partial charge in [-0.2, -0.15) is 5.26 Å². The van der Waals surface area contributed by atoms with Crippen molar-refractivity contribution in [3.8, 4) is 17.6 Å². The van der Waals surface area contributed by atoms with Crippen LogP contribution in [0.25, 0.3) is 22.4 Å². The fourth-order valence-corrected chi connectivity index (χ4v) is 4.70. The number of alkyl halides is 2. The number of rotatable bonds is 7. The van der Waals surface area contributed by atoms with Gasteiger partial charge in [0.05, 0.1) is 29.5 Å². The molecule has 0 unspecified atom stereocenters. The summed E-state index contributed by atoms with van der Waals surface area (Å²) in [5.41, 5.74) is 1.26. The predicted octanol–water partition coefficient (Wildman–Crippen LogP) is 3.42. The van der Waals surface area contributed by atoms with Gasteiger partial charge in [-0.15, -0.1) is 0 Å². The molecule has 162 valence electrons. The Morgan fingerprint density at radius 1 is 1.23 bits per heavy atom. The summed E-state index contributed by atoms with van der Waals surface area (Å²) in [6.45, 7) is -2.39. The van der Waals surface area contributed by atoms with E-state index in [2.05, 4.69) is 16.0 Å². The Balaban J connectivity index is 1.81. The number of aromatic nitrogens is 3. The predicted molar refractivity (Wildman–Crippen MR) is 107 cm³/mol. The Kier molecular flexibility index (Phi) is 5.68. The lowest BCUT2D eigenvalue weighted by Gasteiger charge is -2.29. The van der Waals surface area contributed by atoms with Gasteiger partial charge in [0.1, 0.15) is 35.8 Å². The van der Waals surface area contributed by atoms with Crippen molar-refractivity contribution >= 4 is 20.9 Å². The number of nitriles is 1. The summed E-state index contributed by atoms with van der Waals surface area (Å²) in [5, 5.41) is 10.2. The molecule has 1 aromatic carbocycles. The molecule has 2 aromatic heterocycles. The summed E-state index contributed by atoms with van der Waals surface area (Å²) in [7, 11) is -4.22. The minimum absolute atomic E-state index is 0.0913. The van der Waals surface area contributed by atoms with Gasteiger partial charge in [0.15, 0.2) is 5.82 Å². The highest BCUT2D eigenvalue weighted by molar-refractivity contribution is 7.89. The number of halogens is 3. The summed E-state index contributed by atoms with van der Waals surface area (Å²) in [6.07, 6.45) is 4.80. The lowest BCUT2D eigenvalue weighted by molar-refractivity contribution is 0.323. The van der Waals surface area contributed by atoms with Crippen molar-refractivity contribution < 1.29 is 21.6 Å². The van der Waals surface area contributed by atoms with Gasteiger partial charge in [-0.05, 0) is 37.5 Å². The maximum atomic E-state index is 13.9.